The molecule has 3 rings (SSSR count). The lowest BCUT2D eigenvalue weighted by Crippen LogP contribution is -2.41. The second-order valence-corrected chi connectivity index (χ2v) is 8.95. The van der Waals surface area contributed by atoms with Crippen LogP contribution in [0.3, 0.4) is 0 Å². The van der Waals surface area contributed by atoms with Gasteiger partial charge in [-0.3, -0.25) is 9.10 Å². The van der Waals surface area contributed by atoms with Crippen molar-refractivity contribution in [3.63, 3.8) is 0 Å². The summed E-state index contributed by atoms with van der Waals surface area (Å²) in [5.74, 6) is -0.455. The number of amides is 1. The molecule has 0 spiro atoms. The van der Waals surface area contributed by atoms with Crippen LogP contribution in [0.15, 0.2) is 83.8 Å². The highest BCUT2D eigenvalue weighted by molar-refractivity contribution is 7.92. The summed E-state index contributed by atoms with van der Waals surface area (Å²) in [5.41, 5.74) is 1.08. The zero-order valence-electron chi connectivity index (χ0n) is 17.9. The van der Waals surface area contributed by atoms with Crippen LogP contribution in [0.4, 0.5) is 10.1 Å². The number of carbonyl (C=O) groups is 1. The number of carbonyl (C=O) groups excluding carboxylic acids is 1. The fraction of sp³-hybridized carbons (Fsp3) is 0.208. The van der Waals surface area contributed by atoms with Gasteiger partial charge in [0.15, 0.2) is 0 Å². The Kier molecular flexibility index (Phi) is 7.48. The molecule has 6 nitrogen and oxygen atoms in total. The monoisotopic (exact) mass is 456 g/mol. The smallest absolute Gasteiger partial charge is 0.264 e. The number of benzene rings is 3. The number of nitrogens with one attached hydrogen (secondary N) is 1. The number of nitrogens with zero attached hydrogens (tertiary/aromatic N) is 1. The van der Waals surface area contributed by atoms with Crippen LogP contribution in [0.25, 0.3) is 0 Å². The Morgan fingerprint density at radius 3 is 2.22 bits per heavy atom. The molecule has 0 saturated carbocycles. The van der Waals surface area contributed by atoms with Crippen molar-refractivity contribution in [3.8, 4) is 5.75 Å². The molecule has 1 amide bonds. The van der Waals surface area contributed by atoms with Crippen LogP contribution in [0.5, 0.6) is 5.75 Å². The van der Waals surface area contributed by atoms with Crippen molar-refractivity contribution in [3.05, 3.63) is 90.2 Å². The van der Waals surface area contributed by atoms with E-state index in [2.05, 4.69) is 5.32 Å². The van der Waals surface area contributed by atoms with E-state index in [0.717, 1.165) is 22.0 Å². The number of hydrogen-bond acceptors (Lipinski definition) is 4. The Hall–Kier alpha value is -3.39. The minimum absolute atomic E-state index is 0.00538. The molecule has 0 fully saturated rings. The van der Waals surface area contributed by atoms with Gasteiger partial charge in [0, 0.05) is 0 Å². The van der Waals surface area contributed by atoms with E-state index in [9.17, 15) is 17.6 Å². The standard InChI is InChI=1S/C24H25FN2O4S/c1-3-31-22-13-15-23(16-14-22)32(29,30)27(21-11-9-20(25)10-12-21)17-24(28)26-18(2)19-7-5-4-6-8-19/h4-16,18H,3,17H2,1-2H3,(H,26,28)/t18-/m0/s1. The summed E-state index contributed by atoms with van der Waals surface area (Å²) in [4.78, 5) is 12.8. The quantitative estimate of drug-likeness (QED) is 0.521. The second-order valence-electron chi connectivity index (χ2n) is 7.09. The van der Waals surface area contributed by atoms with E-state index in [4.69, 9.17) is 4.74 Å². The van der Waals surface area contributed by atoms with Crippen LogP contribution < -0.4 is 14.4 Å². The molecule has 0 saturated heterocycles. The van der Waals surface area contributed by atoms with Gasteiger partial charge < -0.3 is 10.1 Å². The maximum absolute atomic E-state index is 13.4. The number of anilines is 1. The molecular weight excluding hydrogens is 431 g/mol. The van der Waals surface area contributed by atoms with Gasteiger partial charge in [-0.25, -0.2) is 12.8 Å². The van der Waals surface area contributed by atoms with Crippen LogP contribution in [-0.2, 0) is 14.8 Å². The van der Waals surface area contributed by atoms with Crippen molar-refractivity contribution in [1.29, 1.82) is 0 Å². The maximum Gasteiger partial charge on any atom is 0.264 e. The van der Waals surface area contributed by atoms with Crippen LogP contribution in [0.1, 0.15) is 25.5 Å². The van der Waals surface area contributed by atoms with Crippen LogP contribution in [-0.4, -0.2) is 27.5 Å². The molecular formula is C24H25FN2O4S. The van der Waals surface area contributed by atoms with Crippen molar-refractivity contribution < 1.29 is 22.3 Å². The van der Waals surface area contributed by atoms with Crippen molar-refractivity contribution >= 4 is 21.6 Å². The molecule has 0 aliphatic heterocycles. The van der Waals surface area contributed by atoms with Gasteiger partial charge in [-0.05, 0) is 67.9 Å². The average Bonchev–Trinajstić information content (AvgIpc) is 2.79. The molecule has 0 unspecified atom stereocenters. The Bertz CT molecular complexity index is 1130. The minimum Gasteiger partial charge on any atom is -0.494 e. The Morgan fingerprint density at radius 2 is 1.62 bits per heavy atom. The summed E-state index contributed by atoms with van der Waals surface area (Å²) in [5, 5.41) is 2.82. The summed E-state index contributed by atoms with van der Waals surface area (Å²) in [6.07, 6.45) is 0. The first kappa shape index (κ1) is 23.3. The molecule has 0 heterocycles. The number of rotatable bonds is 9. The molecule has 0 aliphatic rings. The van der Waals surface area contributed by atoms with Gasteiger partial charge in [-0.2, -0.15) is 0 Å². The Balaban J connectivity index is 1.88. The predicted octanol–water partition coefficient (Wildman–Crippen LogP) is 4.30. The van der Waals surface area contributed by atoms with E-state index >= 15 is 0 Å². The lowest BCUT2D eigenvalue weighted by molar-refractivity contribution is -0.120. The largest absolute Gasteiger partial charge is 0.494 e. The number of hydrogen-bond donors (Lipinski definition) is 1. The average molecular weight is 457 g/mol. The summed E-state index contributed by atoms with van der Waals surface area (Å²) in [7, 11) is -4.10. The normalized spacial score (nSPS) is 12.1. The predicted molar refractivity (Wildman–Crippen MR) is 122 cm³/mol. The molecule has 3 aromatic carbocycles. The van der Waals surface area contributed by atoms with E-state index in [-0.39, 0.29) is 16.6 Å². The minimum atomic E-state index is -4.10. The van der Waals surface area contributed by atoms with Gasteiger partial charge in [0.25, 0.3) is 10.0 Å². The number of halogens is 1. The third kappa shape index (κ3) is 5.64. The summed E-state index contributed by atoms with van der Waals surface area (Å²) in [6, 6.07) is 19.9. The highest BCUT2D eigenvalue weighted by Crippen LogP contribution is 2.25. The lowest BCUT2D eigenvalue weighted by Gasteiger charge is -2.25. The van der Waals surface area contributed by atoms with Gasteiger partial charge in [-0.1, -0.05) is 30.3 Å². The molecule has 1 N–H and O–H groups in total. The second kappa shape index (κ2) is 10.3. The first-order chi connectivity index (χ1) is 15.3. The fourth-order valence-electron chi connectivity index (χ4n) is 3.17. The van der Waals surface area contributed by atoms with Gasteiger partial charge in [-0.15, -0.1) is 0 Å². The first-order valence-corrected chi connectivity index (χ1v) is 11.6. The highest BCUT2D eigenvalue weighted by atomic mass is 32.2. The van der Waals surface area contributed by atoms with Gasteiger partial charge in [0.1, 0.15) is 18.1 Å². The van der Waals surface area contributed by atoms with E-state index in [1.54, 1.807) is 12.1 Å². The van der Waals surface area contributed by atoms with E-state index < -0.39 is 28.3 Å². The molecule has 32 heavy (non-hydrogen) atoms. The molecule has 8 heteroatoms. The zero-order chi connectivity index (χ0) is 23.1. The van der Waals surface area contributed by atoms with Crippen LogP contribution in [0, 0.1) is 5.82 Å². The Labute approximate surface area is 187 Å². The fourth-order valence-corrected chi connectivity index (χ4v) is 4.59. The first-order valence-electron chi connectivity index (χ1n) is 10.2. The Morgan fingerprint density at radius 1 is 1.00 bits per heavy atom. The van der Waals surface area contributed by atoms with E-state index in [1.165, 1.54) is 24.3 Å². The lowest BCUT2D eigenvalue weighted by atomic mass is 10.1. The SMILES string of the molecule is CCOc1ccc(S(=O)(=O)N(CC(=O)N[C@@H](C)c2ccccc2)c2ccc(F)cc2)cc1. The third-order valence-corrected chi connectivity index (χ3v) is 6.59. The van der Waals surface area contributed by atoms with Crippen molar-refractivity contribution in [2.45, 2.75) is 24.8 Å². The number of ether oxygens (including phenoxy) is 1. The molecule has 168 valence electrons. The highest BCUT2D eigenvalue weighted by Gasteiger charge is 2.28. The van der Waals surface area contributed by atoms with Gasteiger partial charge in [0.2, 0.25) is 5.91 Å². The topological polar surface area (TPSA) is 75.7 Å². The van der Waals surface area contributed by atoms with Gasteiger partial charge >= 0.3 is 0 Å². The van der Waals surface area contributed by atoms with Crippen molar-refractivity contribution in [2.24, 2.45) is 0 Å². The van der Waals surface area contributed by atoms with E-state index in [1.807, 2.05) is 44.2 Å². The maximum atomic E-state index is 13.4. The van der Waals surface area contributed by atoms with Crippen molar-refractivity contribution in [1.82, 2.24) is 5.32 Å². The molecule has 3 aromatic rings. The number of sulfonamides is 1. The van der Waals surface area contributed by atoms with Crippen molar-refractivity contribution in [2.75, 3.05) is 17.5 Å². The summed E-state index contributed by atoms with van der Waals surface area (Å²) in [6.45, 7) is 3.64. The van der Waals surface area contributed by atoms with Crippen LogP contribution in [0.2, 0.25) is 0 Å². The van der Waals surface area contributed by atoms with E-state index in [0.29, 0.717) is 12.4 Å². The molecule has 0 aliphatic carbocycles. The molecule has 1 atom stereocenters. The van der Waals surface area contributed by atoms with Gasteiger partial charge in [0.05, 0.1) is 23.2 Å². The summed E-state index contributed by atoms with van der Waals surface area (Å²) >= 11 is 0. The zero-order valence-corrected chi connectivity index (χ0v) is 18.7. The summed E-state index contributed by atoms with van der Waals surface area (Å²) < 4.78 is 46.6. The third-order valence-electron chi connectivity index (χ3n) is 4.80. The molecule has 0 radical (unpaired) electrons. The molecule has 0 bridgehead atoms. The van der Waals surface area contributed by atoms with Crippen LogP contribution >= 0.6 is 0 Å². The molecule has 0 aromatic heterocycles.